The largest absolute Gasteiger partial charge is 0.365 e. The zero-order valence-electron chi connectivity index (χ0n) is 7.97. The van der Waals surface area contributed by atoms with Crippen LogP contribution in [0.15, 0.2) is 36.8 Å². The third kappa shape index (κ3) is 2.63. The van der Waals surface area contributed by atoms with E-state index in [1.165, 1.54) is 0 Å². The summed E-state index contributed by atoms with van der Waals surface area (Å²) in [6, 6.07) is 5.40. The van der Waals surface area contributed by atoms with Gasteiger partial charge in [0, 0.05) is 24.3 Å². The maximum absolute atomic E-state index is 11.5. The molecule has 0 radical (unpaired) electrons. The van der Waals surface area contributed by atoms with Crippen molar-refractivity contribution in [2.75, 3.05) is 5.32 Å². The summed E-state index contributed by atoms with van der Waals surface area (Å²) >= 11 is 0. The topological polar surface area (TPSA) is 70.7 Å². The second-order valence-electron chi connectivity index (χ2n) is 2.99. The summed E-state index contributed by atoms with van der Waals surface area (Å²) in [5, 5.41) is 2.60. The summed E-state index contributed by atoms with van der Waals surface area (Å²) in [6.45, 7) is 0. The van der Waals surface area contributed by atoms with Crippen molar-refractivity contribution < 1.29 is 4.79 Å². The molecular formula is C10H10N4O. The van der Waals surface area contributed by atoms with Crippen molar-refractivity contribution in [3.8, 4) is 0 Å². The SMILES string of the molecule is O=C(Cc1ccc[nH]1)Nc1ncccn1. The van der Waals surface area contributed by atoms with Crippen molar-refractivity contribution in [1.29, 1.82) is 0 Å². The minimum absolute atomic E-state index is 0.136. The summed E-state index contributed by atoms with van der Waals surface area (Å²) < 4.78 is 0. The van der Waals surface area contributed by atoms with Crippen LogP contribution in [0.25, 0.3) is 0 Å². The van der Waals surface area contributed by atoms with Gasteiger partial charge in [-0.25, -0.2) is 9.97 Å². The summed E-state index contributed by atoms with van der Waals surface area (Å²) in [6.07, 6.45) is 5.24. The van der Waals surface area contributed by atoms with E-state index in [0.717, 1.165) is 5.69 Å². The smallest absolute Gasteiger partial charge is 0.232 e. The quantitative estimate of drug-likeness (QED) is 0.779. The fraction of sp³-hybridized carbons (Fsp3) is 0.100. The molecular weight excluding hydrogens is 192 g/mol. The van der Waals surface area contributed by atoms with Gasteiger partial charge in [0.25, 0.3) is 0 Å². The fourth-order valence-electron chi connectivity index (χ4n) is 1.18. The second kappa shape index (κ2) is 4.36. The number of carbonyl (C=O) groups is 1. The molecule has 5 nitrogen and oxygen atoms in total. The van der Waals surface area contributed by atoms with Gasteiger partial charge in [0.15, 0.2) is 0 Å². The zero-order chi connectivity index (χ0) is 10.5. The molecule has 2 aromatic heterocycles. The van der Waals surface area contributed by atoms with Crippen LogP contribution in [0, 0.1) is 0 Å². The van der Waals surface area contributed by atoms with Gasteiger partial charge in [0.1, 0.15) is 0 Å². The third-order valence-corrected chi connectivity index (χ3v) is 1.83. The molecule has 2 heterocycles. The minimum Gasteiger partial charge on any atom is -0.365 e. The lowest BCUT2D eigenvalue weighted by atomic mass is 10.3. The van der Waals surface area contributed by atoms with E-state index in [1.807, 2.05) is 12.1 Å². The van der Waals surface area contributed by atoms with E-state index in [9.17, 15) is 4.79 Å². The highest BCUT2D eigenvalue weighted by Crippen LogP contribution is 1.99. The van der Waals surface area contributed by atoms with Gasteiger partial charge in [-0.2, -0.15) is 0 Å². The van der Waals surface area contributed by atoms with Gasteiger partial charge >= 0.3 is 0 Å². The number of aromatic nitrogens is 3. The normalized spacial score (nSPS) is 9.87. The Bertz CT molecular complexity index is 424. The Hall–Kier alpha value is -2.17. The molecule has 0 aromatic carbocycles. The number of hydrogen-bond acceptors (Lipinski definition) is 3. The average molecular weight is 202 g/mol. The van der Waals surface area contributed by atoms with Gasteiger partial charge in [-0.05, 0) is 18.2 Å². The highest BCUT2D eigenvalue weighted by Gasteiger charge is 2.05. The molecule has 0 unspecified atom stereocenters. The number of H-pyrrole nitrogens is 1. The average Bonchev–Trinajstić information content (AvgIpc) is 2.71. The number of aromatic amines is 1. The predicted molar refractivity (Wildman–Crippen MR) is 55.2 cm³/mol. The van der Waals surface area contributed by atoms with Crippen LogP contribution in [0.2, 0.25) is 0 Å². The first-order chi connectivity index (χ1) is 7.34. The first-order valence-electron chi connectivity index (χ1n) is 4.54. The Labute approximate surface area is 86.6 Å². The Kier molecular flexibility index (Phi) is 2.73. The minimum atomic E-state index is -0.136. The molecule has 0 aliphatic carbocycles. The summed E-state index contributed by atoms with van der Waals surface area (Å²) in [5.74, 6) is 0.192. The molecule has 0 aliphatic rings. The van der Waals surface area contributed by atoms with Crippen molar-refractivity contribution in [2.45, 2.75) is 6.42 Å². The Morgan fingerprint density at radius 3 is 2.80 bits per heavy atom. The third-order valence-electron chi connectivity index (χ3n) is 1.83. The molecule has 0 aliphatic heterocycles. The highest BCUT2D eigenvalue weighted by molar-refractivity contribution is 5.90. The van der Waals surface area contributed by atoms with Gasteiger partial charge < -0.3 is 4.98 Å². The lowest BCUT2D eigenvalue weighted by molar-refractivity contribution is -0.115. The van der Waals surface area contributed by atoms with Crippen LogP contribution in [0.4, 0.5) is 5.95 Å². The van der Waals surface area contributed by atoms with E-state index in [0.29, 0.717) is 12.4 Å². The number of carbonyl (C=O) groups excluding carboxylic acids is 1. The number of hydrogen-bond donors (Lipinski definition) is 2. The Balaban J connectivity index is 1.94. The van der Waals surface area contributed by atoms with Crippen LogP contribution in [-0.4, -0.2) is 20.9 Å². The molecule has 0 fully saturated rings. The molecule has 2 aromatic rings. The standard InChI is InChI=1S/C10H10N4O/c15-9(7-8-3-1-4-11-8)14-10-12-5-2-6-13-10/h1-6,11H,7H2,(H,12,13,14,15). The van der Waals surface area contributed by atoms with Gasteiger partial charge in [-0.1, -0.05) is 0 Å². The van der Waals surface area contributed by atoms with Crippen molar-refractivity contribution in [1.82, 2.24) is 15.0 Å². The summed E-state index contributed by atoms with van der Waals surface area (Å²) in [5.41, 5.74) is 0.864. The number of anilines is 1. The molecule has 1 amide bonds. The second-order valence-corrected chi connectivity index (χ2v) is 2.99. The van der Waals surface area contributed by atoms with Crippen LogP contribution in [0.1, 0.15) is 5.69 Å². The van der Waals surface area contributed by atoms with Gasteiger partial charge in [-0.3, -0.25) is 10.1 Å². The predicted octanol–water partition coefficient (Wildman–Crippen LogP) is 0.986. The lowest BCUT2D eigenvalue weighted by Crippen LogP contribution is -2.16. The molecule has 0 atom stereocenters. The lowest BCUT2D eigenvalue weighted by Gasteiger charge is -2.01. The van der Waals surface area contributed by atoms with Crippen LogP contribution >= 0.6 is 0 Å². The Morgan fingerprint density at radius 2 is 2.13 bits per heavy atom. The van der Waals surface area contributed by atoms with Crippen molar-refractivity contribution in [3.63, 3.8) is 0 Å². The zero-order valence-corrected chi connectivity index (χ0v) is 7.97. The highest BCUT2D eigenvalue weighted by atomic mass is 16.1. The summed E-state index contributed by atoms with van der Waals surface area (Å²) in [4.78, 5) is 22.2. The Morgan fingerprint density at radius 1 is 1.33 bits per heavy atom. The van der Waals surface area contributed by atoms with Crippen LogP contribution in [0.5, 0.6) is 0 Å². The van der Waals surface area contributed by atoms with E-state index in [4.69, 9.17) is 0 Å². The maximum Gasteiger partial charge on any atom is 0.232 e. The van der Waals surface area contributed by atoms with Crippen molar-refractivity contribution in [3.05, 3.63) is 42.5 Å². The number of nitrogens with one attached hydrogen (secondary N) is 2. The molecule has 0 saturated heterocycles. The van der Waals surface area contributed by atoms with Gasteiger partial charge in [0.05, 0.1) is 6.42 Å². The molecule has 76 valence electrons. The van der Waals surface area contributed by atoms with Gasteiger partial charge in [-0.15, -0.1) is 0 Å². The molecule has 0 spiro atoms. The number of nitrogens with zero attached hydrogens (tertiary/aromatic N) is 2. The monoisotopic (exact) mass is 202 g/mol. The molecule has 5 heteroatoms. The number of amides is 1. The summed E-state index contributed by atoms with van der Waals surface area (Å²) in [7, 11) is 0. The van der Waals surface area contributed by atoms with E-state index < -0.39 is 0 Å². The molecule has 15 heavy (non-hydrogen) atoms. The van der Waals surface area contributed by atoms with E-state index >= 15 is 0 Å². The molecule has 2 N–H and O–H groups in total. The van der Waals surface area contributed by atoms with Gasteiger partial charge in [0.2, 0.25) is 11.9 Å². The van der Waals surface area contributed by atoms with Crippen molar-refractivity contribution >= 4 is 11.9 Å². The maximum atomic E-state index is 11.5. The van der Waals surface area contributed by atoms with E-state index in [2.05, 4.69) is 20.3 Å². The fourth-order valence-corrected chi connectivity index (χ4v) is 1.18. The molecule has 0 bridgehead atoms. The van der Waals surface area contributed by atoms with Crippen molar-refractivity contribution in [2.24, 2.45) is 0 Å². The molecule has 0 saturated carbocycles. The van der Waals surface area contributed by atoms with E-state index in [-0.39, 0.29) is 5.91 Å². The van der Waals surface area contributed by atoms with Crippen LogP contribution in [-0.2, 0) is 11.2 Å². The first-order valence-corrected chi connectivity index (χ1v) is 4.54. The van der Waals surface area contributed by atoms with Crippen LogP contribution in [0.3, 0.4) is 0 Å². The van der Waals surface area contributed by atoms with E-state index in [1.54, 1.807) is 24.7 Å². The number of rotatable bonds is 3. The molecule has 2 rings (SSSR count). The first kappa shape index (κ1) is 9.39. The van der Waals surface area contributed by atoms with Crippen LogP contribution < -0.4 is 5.32 Å².